The van der Waals surface area contributed by atoms with Gasteiger partial charge in [0.25, 0.3) is 0 Å². The molecule has 0 unspecified atom stereocenters. The zero-order chi connectivity index (χ0) is 13.4. The number of hydrogen-bond acceptors (Lipinski definition) is 2. The lowest BCUT2D eigenvalue weighted by atomic mass is 10.3. The Balaban J connectivity index is 2.09. The van der Waals surface area contributed by atoms with Crippen molar-refractivity contribution >= 4 is 21.6 Å². The molecule has 0 aliphatic heterocycles. The molecule has 19 heavy (non-hydrogen) atoms. The second kappa shape index (κ2) is 4.63. The summed E-state index contributed by atoms with van der Waals surface area (Å²) in [5.41, 5.74) is 2.44. The van der Waals surface area contributed by atoms with Crippen molar-refractivity contribution < 1.29 is 13.9 Å². The van der Waals surface area contributed by atoms with Crippen LogP contribution in [0.3, 0.4) is 0 Å². The van der Waals surface area contributed by atoms with Crippen molar-refractivity contribution in [2.24, 2.45) is 7.05 Å². The molecule has 1 aromatic carbocycles. The van der Waals surface area contributed by atoms with Crippen molar-refractivity contribution in [2.45, 2.75) is 6.92 Å². The molecule has 2 aromatic heterocycles. The van der Waals surface area contributed by atoms with Crippen LogP contribution < -0.4 is 13.9 Å². The van der Waals surface area contributed by atoms with E-state index < -0.39 is 0 Å². The zero-order valence-electron chi connectivity index (χ0n) is 11.3. The lowest BCUT2D eigenvalue weighted by molar-refractivity contribution is -0.646. The third-order valence-electron chi connectivity index (χ3n) is 3.37. The van der Waals surface area contributed by atoms with Gasteiger partial charge in [-0.25, -0.2) is 0 Å². The fraction of sp³-hybridized carbons (Fsp3) is 0.200. The summed E-state index contributed by atoms with van der Waals surface area (Å²) in [6.45, 7) is 2.14. The second-order valence-corrected chi connectivity index (χ2v) is 5.71. The van der Waals surface area contributed by atoms with Crippen molar-refractivity contribution in [3.63, 3.8) is 0 Å². The number of benzene rings is 1. The van der Waals surface area contributed by atoms with Gasteiger partial charge in [-0.1, -0.05) is 11.3 Å². The molecule has 3 rings (SSSR count). The van der Waals surface area contributed by atoms with Gasteiger partial charge in [0.15, 0.2) is 12.4 Å². The van der Waals surface area contributed by atoms with E-state index in [1.807, 2.05) is 35.9 Å². The van der Waals surface area contributed by atoms with E-state index >= 15 is 0 Å². The molecule has 0 fully saturated rings. The van der Waals surface area contributed by atoms with Crippen molar-refractivity contribution in [1.29, 1.82) is 0 Å². The number of aromatic nitrogens is 2. The average Bonchev–Trinajstić information content (AvgIpc) is 2.74. The Labute approximate surface area is 116 Å². The first-order valence-corrected chi connectivity index (χ1v) is 6.95. The number of nitrogens with zero attached hydrogens (tertiary/aromatic N) is 2. The molecule has 0 aliphatic carbocycles. The summed E-state index contributed by atoms with van der Waals surface area (Å²) in [4.78, 5) is 0. The van der Waals surface area contributed by atoms with Gasteiger partial charge in [0.1, 0.15) is 17.5 Å². The van der Waals surface area contributed by atoms with Gasteiger partial charge >= 0.3 is 0 Å². The summed E-state index contributed by atoms with van der Waals surface area (Å²) >= 11 is 1.82. The fourth-order valence-electron chi connectivity index (χ4n) is 2.14. The Bertz CT molecular complexity index is 732. The standard InChI is InChI=1S/C15H16N2OS/c1-11-16(2)14-5-4-12(10-15(14)19-11)17-8-6-13(18-3)7-9-17/h4-10H,1-3H3/q+2. The van der Waals surface area contributed by atoms with Crippen molar-refractivity contribution in [3.8, 4) is 11.4 Å². The number of fused-ring (bicyclic) bond motifs is 1. The number of aryl methyl sites for hydroxylation is 2. The first-order chi connectivity index (χ1) is 9.19. The van der Waals surface area contributed by atoms with Crippen LogP contribution in [0.1, 0.15) is 5.01 Å². The summed E-state index contributed by atoms with van der Waals surface area (Å²) < 4.78 is 10.8. The van der Waals surface area contributed by atoms with Crippen LogP contribution in [0.2, 0.25) is 0 Å². The maximum Gasteiger partial charge on any atom is 0.234 e. The highest BCUT2D eigenvalue weighted by molar-refractivity contribution is 7.18. The molecule has 3 aromatic rings. The van der Waals surface area contributed by atoms with Crippen LogP contribution in [-0.4, -0.2) is 7.11 Å². The van der Waals surface area contributed by atoms with Gasteiger partial charge in [-0.15, -0.1) is 0 Å². The quantitative estimate of drug-likeness (QED) is 0.654. The highest BCUT2D eigenvalue weighted by Crippen LogP contribution is 2.21. The first kappa shape index (κ1) is 12.1. The smallest absolute Gasteiger partial charge is 0.234 e. The van der Waals surface area contributed by atoms with Gasteiger partial charge in [-0.3, -0.25) is 0 Å². The maximum atomic E-state index is 5.18. The first-order valence-electron chi connectivity index (χ1n) is 6.14. The third kappa shape index (κ3) is 2.08. The number of thiazole rings is 1. The predicted molar refractivity (Wildman–Crippen MR) is 75.8 cm³/mol. The van der Waals surface area contributed by atoms with E-state index in [1.54, 1.807) is 7.11 Å². The maximum absolute atomic E-state index is 5.18. The molecular formula is C15H16N2OS+2. The number of ether oxygens (including phenoxy) is 1. The molecule has 0 spiro atoms. The van der Waals surface area contributed by atoms with E-state index in [2.05, 4.69) is 41.3 Å². The van der Waals surface area contributed by atoms with Crippen molar-refractivity contribution in [2.75, 3.05) is 7.11 Å². The van der Waals surface area contributed by atoms with Gasteiger partial charge in [-0.2, -0.15) is 9.13 Å². The number of hydrogen-bond donors (Lipinski definition) is 0. The Morgan fingerprint density at radius 2 is 1.84 bits per heavy atom. The molecule has 3 nitrogen and oxygen atoms in total. The minimum atomic E-state index is 0.871. The molecule has 0 bridgehead atoms. The van der Waals surface area contributed by atoms with Crippen LogP contribution in [-0.2, 0) is 7.05 Å². The number of pyridine rings is 1. The molecular weight excluding hydrogens is 256 g/mol. The molecule has 0 saturated carbocycles. The van der Waals surface area contributed by atoms with Crippen LogP contribution in [0.5, 0.6) is 5.75 Å². The summed E-state index contributed by atoms with van der Waals surface area (Å²) in [5.74, 6) is 0.871. The van der Waals surface area contributed by atoms with Crippen molar-refractivity contribution in [3.05, 3.63) is 47.7 Å². The molecule has 4 heteroatoms. The fourth-order valence-corrected chi connectivity index (χ4v) is 3.18. The lowest BCUT2D eigenvalue weighted by Crippen LogP contribution is -2.30. The number of rotatable bonds is 2. The minimum absolute atomic E-state index is 0.871. The van der Waals surface area contributed by atoms with E-state index in [0.717, 1.165) is 11.4 Å². The topological polar surface area (TPSA) is 17.0 Å². The molecule has 0 radical (unpaired) electrons. The summed E-state index contributed by atoms with van der Waals surface area (Å²) in [6.07, 6.45) is 4.03. The van der Waals surface area contributed by atoms with Crippen LogP contribution in [0.4, 0.5) is 0 Å². The van der Waals surface area contributed by atoms with Crippen LogP contribution in [0.15, 0.2) is 42.7 Å². The molecule has 0 aliphatic rings. The van der Waals surface area contributed by atoms with Gasteiger partial charge in [0.05, 0.1) is 7.11 Å². The Morgan fingerprint density at radius 3 is 2.53 bits per heavy atom. The summed E-state index contributed by atoms with van der Waals surface area (Å²) in [5, 5.41) is 1.31. The lowest BCUT2D eigenvalue weighted by Gasteiger charge is -1.98. The van der Waals surface area contributed by atoms with E-state index in [-0.39, 0.29) is 0 Å². The Kier molecular flexibility index (Phi) is 2.95. The second-order valence-electron chi connectivity index (χ2n) is 4.48. The van der Waals surface area contributed by atoms with E-state index in [1.165, 1.54) is 15.2 Å². The molecule has 0 atom stereocenters. The van der Waals surface area contributed by atoms with Gasteiger partial charge in [0.2, 0.25) is 16.2 Å². The summed E-state index contributed by atoms with van der Waals surface area (Å²) in [6, 6.07) is 10.5. The monoisotopic (exact) mass is 272 g/mol. The predicted octanol–water partition coefficient (Wildman–Crippen LogP) is 2.32. The van der Waals surface area contributed by atoms with Gasteiger partial charge in [-0.05, 0) is 0 Å². The summed E-state index contributed by atoms with van der Waals surface area (Å²) in [7, 11) is 3.79. The SMILES string of the molecule is COc1cc[n+](-c2ccc3c(c2)sc(C)[n+]3C)cc1. The van der Waals surface area contributed by atoms with Crippen LogP contribution >= 0.6 is 11.3 Å². The molecule has 0 N–H and O–H groups in total. The highest BCUT2D eigenvalue weighted by atomic mass is 32.1. The normalized spacial score (nSPS) is 10.9. The van der Waals surface area contributed by atoms with Gasteiger partial charge in [0, 0.05) is 37.3 Å². The Morgan fingerprint density at radius 1 is 1.11 bits per heavy atom. The average molecular weight is 272 g/mol. The molecule has 96 valence electrons. The highest BCUT2D eigenvalue weighted by Gasteiger charge is 2.16. The molecule has 2 heterocycles. The largest absolute Gasteiger partial charge is 0.496 e. The van der Waals surface area contributed by atoms with E-state index in [9.17, 15) is 0 Å². The van der Waals surface area contributed by atoms with E-state index in [4.69, 9.17) is 4.74 Å². The van der Waals surface area contributed by atoms with Crippen LogP contribution in [0, 0.1) is 6.92 Å². The van der Waals surface area contributed by atoms with Gasteiger partial charge < -0.3 is 4.74 Å². The zero-order valence-corrected chi connectivity index (χ0v) is 12.1. The minimum Gasteiger partial charge on any atom is -0.496 e. The van der Waals surface area contributed by atoms with Crippen LogP contribution in [0.25, 0.3) is 15.9 Å². The number of methoxy groups -OCH3 is 1. The van der Waals surface area contributed by atoms with Crippen molar-refractivity contribution in [1.82, 2.24) is 0 Å². The molecule has 0 amide bonds. The third-order valence-corrected chi connectivity index (χ3v) is 4.48. The molecule has 0 saturated heterocycles. The Hall–Kier alpha value is -1.94. The van der Waals surface area contributed by atoms with E-state index in [0.29, 0.717) is 0 Å².